The molecule has 1 unspecified atom stereocenters. The maximum absolute atomic E-state index is 4.39. The van der Waals surface area contributed by atoms with Gasteiger partial charge in [0.15, 0.2) is 0 Å². The Balaban J connectivity index is 0.00000113. The van der Waals surface area contributed by atoms with E-state index in [9.17, 15) is 0 Å². The average Bonchev–Trinajstić information content (AvgIpc) is 3.29. The van der Waals surface area contributed by atoms with E-state index >= 15 is 0 Å². The molecule has 128 valence electrons. The van der Waals surface area contributed by atoms with Gasteiger partial charge in [-0.25, -0.2) is 0 Å². The largest absolute Gasteiger partial charge is 1.00 e. The first kappa shape index (κ1) is 20.4. The number of fused-ring (bicyclic) bond motifs is 1. The minimum atomic E-state index is -0.757. The van der Waals surface area contributed by atoms with Crippen LogP contribution in [0.3, 0.4) is 0 Å². The van der Waals surface area contributed by atoms with E-state index in [2.05, 4.69) is 59.5 Å². The van der Waals surface area contributed by atoms with Gasteiger partial charge in [0.25, 0.3) is 0 Å². The van der Waals surface area contributed by atoms with Crippen LogP contribution in [0.5, 0.6) is 0 Å². The maximum Gasteiger partial charge on any atom is -1.00 e. The first-order valence-corrected chi connectivity index (χ1v) is 10.8. The number of rotatable bonds is 5. The van der Waals surface area contributed by atoms with Crippen molar-refractivity contribution in [1.29, 1.82) is 0 Å². The third-order valence-electron chi connectivity index (χ3n) is 4.46. The van der Waals surface area contributed by atoms with Crippen molar-refractivity contribution in [3.63, 3.8) is 0 Å². The maximum atomic E-state index is 4.39. The molecule has 0 fully saturated rings. The van der Waals surface area contributed by atoms with E-state index in [-0.39, 0.29) is 24.8 Å². The predicted molar refractivity (Wildman–Crippen MR) is 89.1 cm³/mol. The third-order valence-corrected chi connectivity index (χ3v) is 8.80. The number of nitrogens with zero attached hydrogens (tertiary/aromatic N) is 3. The third kappa shape index (κ3) is 4.07. The molecule has 1 atom stereocenters. The summed E-state index contributed by atoms with van der Waals surface area (Å²) in [7, 11) is 0. The van der Waals surface area contributed by atoms with Crippen LogP contribution in [0.15, 0.2) is 57.9 Å². The van der Waals surface area contributed by atoms with Gasteiger partial charge in [-0.3, -0.25) is 0 Å². The second-order valence-corrected chi connectivity index (χ2v) is 9.59. The number of halogens is 2. The summed E-state index contributed by atoms with van der Waals surface area (Å²) >= 11 is -0.757. The molecule has 0 bridgehead atoms. The minimum absolute atomic E-state index is 0. The average molecular weight is 452 g/mol. The van der Waals surface area contributed by atoms with Crippen molar-refractivity contribution in [2.75, 3.05) is 0 Å². The van der Waals surface area contributed by atoms with Crippen LogP contribution in [-0.4, -0.2) is 14.8 Å². The summed E-state index contributed by atoms with van der Waals surface area (Å²) in [6, 6.07) is 8.81. The van der Waals surface area contributed by atoms with E-state index in [0.29, 0.717) is 3.63 Å². The zero-order valence-corrected chi connectivity index (χ0v) is 18.0. The molecule has 2 aliphatic carbocycles. The number of hydrogen-bond acceptors (Lipinski definition) is 2. The first-order chi connectivity index (χ1) is 11.4. The van der Waals surface area contributed by atoms with Gasteiger partial charge >= 0.3 is 149 Å². The summed E-state index contributed by atoms with van der Waals surface area (Å²) < 4.78 is 4.26. The zero-order chi connectivity index (χ0) is 15.6. The van der Waals surface area contributed by atoms with Gasteiger partial charge < -0.3 is 24.8 Å². The molecule has 1 heterocycles. The molecule has 1 aromatic carbocycles. The van der Waals surface area contributed by atoms with E-state index in [1.54, 1.807) is 15.2 Å². The van der Waals surface area contributed by atoms with Gasteiger partial charge in [-0.1, -0.05) is 0 Å². The second kappa shape index (κ2) is 9.12. The van der Waals surface area contributed by atoms with E-state index in [0.717, 1.165) is 0 Å². The van der Waals surface area contributed by atoms with Crippen LogP contribution in [-0.2, 0) is 23.2 Å². The SMILES string of the molecule is CCCC1=[C]([Zr+2][CH]2C(n3cncn3)=Cc3ccccc32)CC=C1.[Cl-].[Cl-]. The van der Waals surface area contributed by atoms with Crippen LogP contribution in [0.1, 0.15) is 40.9 Å². The van der Waals surface area contributed by atoms with Gasteiger partial charge in [0.2, 0.25) is 0 Å². The molecule has 0 saturated heterocycles. The Morgan fingerprint density at radius 1 is 1.24 bits per heavy atom. The summed E-state index contributed by atoms with van der Waals surface area (Å²) in [6.45, 7) is 2.27. The van der Waals surface area contributed by atoms with Crippen LogP contribution in [0.2, 0.25) is 0 Å². The number of allylic oxidation sites excluding steroid dienone is 5. The van der Waals surface area contributed by atoms with Crippen LogP contribution in [0, 0.1) is 0 Å². The number of benzene rings is 1. The fourth-order valence-corrected chi connectivity index (χ4v) is 7.70. The van der Waals surface area contributed by atoms with Gasteiger partial charge in [0.1, 0.15) is 0 Å². The quantitative estimate of drug-likeness (QED) is 0.551. The topological polar surface area (TPSA) is 30.7 Å². The van der Waals surface area contributed by atoms with E-state index in [1.165, 1.54) is 36.1 Å². The van der Waals surface area contributed by atoms with Gasteiger partial charge in [-0.2, -0.15) is 0 Å². The molecule has 0 radical (unpaired) electrons. The normalized spacial score (nSPS) is 17.5. The molecule has 3 nitrogen and oxygen atoms in total. The fraction of sp³-hybridized carbons (Fsp3) is 0.263. The van der Waals surface area contributed by atoms with Gasteiger partial charge in [0, 0.05) is 0 Å². The van der Waals surface area contributed by atoms with E-state index in [4.69, 9.17) is 0 Å². The van der Waals surface area contributed by atoms with Crippen molar-refractivity contribution in [1.82, 2.24) is 14.8 Å². The molecule has 0 saturated carbocycles. The Bertz CT molecular complexity index is 810. The van der Waals surface area contributed by atoms with Crippen LogP contribution < -0.4 is 24.8 Å². The van der Waals surface area contributed by atoms with Crippen LogP contribution >= 0.6 is 0 Å². The smallest absolute Gasteiger partial charge is 1.00 e. The number of hydrogen-bond donors (Lipinski definition) is 0. The van der Waals surface area contributed by atoms with Crippen molar-refractivity contribution in [3.8, 4) is 0 Å². The molecule has 0 N–H and O–H groups in total. The van der Waals surface area contributed by atoms with Crippen molar-refractivity contribution < 1.29 is 48.0 Å². The summed E-state index contributed by atoms with van der Waals surface area (Å²) in [5, 5.41) is 4.39. The monoisotopic (exact) mass is 449 g/mol. The van der Waals surface area contributed by atoms with Gasteiger partial charge in [-0.05, 0) is 0 Å². The molecular formula is C19H19Cl2N3Zr. The molecule has 0 aliphatic heterocycles. The molecular weight excluding hydrogens is 432 g/mol. The molecule has 1 aromatic heterocycles. The van der Waals surface area contributed by atoms with Gasteiger partial charge in [-0.15, -0.1) is 0 Å². The Morgan fingerprint density at radius 2 is 2.08 bits per heavy atom. The van der Waals surface area contributed by atoms with Crippen molar-refractivity contribution in [3.05, 3.63) is 69.1 Å². The predicted octanol–water partition coefficient (Wildman–Crippen LogP) is -1.56. The summed E-state index contributed by atoms with van der Waals surface area (Å²) in [5.74, 6) is 0. The Labute approximate surface area is 172 Å². The molecule has 0 spiro atoms. The van der Waals surface area contributed by atoms with Crippen molar-refractivity contribution in [2.45, 2.75) is 29.8 Å². The van der Waals surface area contributed by atoms with Crippen LogP contribution in [0.25, 0.3) is 11.8 Å². The van der Waals surface area contributed by atoms with E-state index < -0.39 is 23.2 Å². The first-order valence-electron chi connectivity index (χ1n) is 8.17. The fourth-order valence-electron chi connectivity index (χ4n) is 3.38. The minimum Gasteiger partial charge on any atom is -1.00 e. The Morgan fingerprint density at radius 3 is 2.84 bits per heavy atom. The van der Waals surface area contributed by atoms with Crippen molar-refractivity contribution >= 4 is 11.8 Å². The van der Waals surface area contributed by atoms with E-state index in [1.807, 2.05) is 11.0 Å². The summed E-state index contributed by atoms with van der Waals surface area (Å²) in [6.07, 6.45) is 14.1. The standard InChI is InChI=1S/C11H8N3.C8H11.2ClH.Zr/c1-2-4-10-6-11(5-9(10)3-1)14-8-12-7-13-14;1-2-5-8-6-3-4-7-8;;;/h1-8H;3,6H,2,4-5H2,1H3;2*1H;/q;;;;+2/p-2. The molecule has 0 amide bonds. The molecule has 6 heteroatoms. The zero-order valence-electron chi connectivity index (χ0n) is 14.0. The summed E-state index contributed by atoms with van der Waals surface area (Å²) in [4.78, 5) is 4.15. The second-order valence-electron chi connectivity index (χ2n) is 5.98. The molecule has 2 aromatic rings. The van der Waals surface area contributed by atoms with Crippen molar-refractivity contribution in [2.24, 2.45) is 0 Å². The van der Waals surface area contributed by atoms with Crippen LogP contribution in [0.4, 0.5) is 0 Å². The van der Waals surface area contributed by atoms with Gasteiger partial charge in [0.05, 0.1) is 0 Å². The number of aromatic nitrogens is 3. The Kier molecular flexibility index (Phi) is 7.42. The Hall–Kier alpha value is -0.957. The molecule has 25 heavy (non-hydrogen) atoms. The summed E-state index contributed by atoms with van der Waals surface area (Å²) in [5.41, 5.74) is 5.76. The molecule has 4 rings (SSSR count). The molecule has 2 aliphatic rings.